The SMILES string of the molecule is CCOC(=O)C(=O)/C=C(\[O-])c1cc(F)cc(OCC(F)(F)F)c1.[Li+]. The molecule has 126 valence electrons. The van der Waals surface area contributed by atoms with Gasteiger partial charge in [-0.3, -0.25) is 4.79 Å². The summed E-state index contributed by atoms with van der Waals surface area (Å²) in [6, 6.07) is 2.17. The third kappa shape index (κ3) is 7.52. The minimum atomic E-state index is -4.64. The average molecular weight is 342 g/mol. The third-order valence-electron chi connectivity index (χ3n) is 2.30. The van der Waals surface area contributed by atoms with Crippen LogP contribution >= 0.6 is 0 Å². The summed E-state index contributed by atoms with van der Waals surface area (Å²) in [4.78, 5) is 22.4. The minimum Gasteiger partial charge on any atom is -0.872 e. The van der Waals surface area contributed by atoms with E-state index >= 15 is 0 Å². The van der Waals surface area contributed by atoms with Gasteiger partial charge < -0.3 is 14.6 Å². The maximum Gasteiger partial charge on any atom is 1.00 e. The van der Waals surface area contributed by atoms with Gasteiger partial charge in [-0.15, -0.1) is 0 Å². The molecule has 1 rings (SSSR count). The van der Waals surface area contributed by atoms with Crippen LogP contribution < -0.4 is 28.7 Å². The zero-order chi connectivity index (χ0) is 17.6. The van der Waals surface area contributed by atoms with Crippen LogP contribution in [0.4, 0.5) is 17.6 Å². The largest absolute Gasteiger partial charge is 1.00 e. The molecule has 0 aliphatic heterocycles. The third-order valence-corrected chi connectivity index (χ3v) is 2.30. The smallest absolute Gasteiger partial charge is 0.872 e. The van der Waals surface area contributed by atoms with Crippen molar-refractivity contribution in [1.29, 1.82) is 0 Å². The second-order valence-electron chi connectivity index (χ2n) is 4.17. The fraction of sp³-hybridized carbons (Fsp3) is 0.286. The Bertz CT molecular complexity index is 628. The van der Waals surface area contributed by atoms with Gasteiger partial charge in [0.05, 0.1) is 6.61 Å². The number of benzene rings is 1. The molecule has 0 unspecified atom stereocenters. The summed E-state index contributed by atoms with van der Waals surface area (Å²) in [6.07, 6.45) is -4.28. The molecule has 0 aliphatic rings. The van der Waals surface area contributed by atoms with Crippen molar-refractivity contribution in [2.24, 2.45) is 0 Å². The van der Waals surface area contributed by atoms with E-state index < -0.39 is 47.4 Å². The summed E-state index contributed by atoms with van der Waals surface area (Å²) in [7, 11) is 0. The Kier molecular flexibility index (Phi) is 8.57. The standard InChI is InChI=1S/C14H12F4O5.Li/c1-2-22-13(21)12(20)6-11(19)8-3-9(15)5-10(4-8)23-7-14(16,17)18;/h3-6,19H,2,7H2,1H3;/q;+1/p-1/b11-6-;. The quantitative estimate of drug-likeness (QED) is 0.159. The fourth-order valence-corrected chi connectivity index (χ4v) is 1.42. The van der Waals surface area contributed by atoms with E-state index in [4.69, 9.17) is 0 Å². The number of alkyl halides is 3. The molecule has 10 heteroatoms. The number of hydrogen-bond donors (Lipinski definition) is 0. The van der Waals surface area contributed by atoms with Gasteiger partial charge >= 0.3 is 31.0 Å². The van der Waals surface area contributed by atoms with Gasteiger partial charge in [0.25, 0.3) is 5.78 Å². The summed E-state index contributed by atoms with van der Waals surface area (Å²) in [5.41, 5.74) is -0.445. The van der Waals surface area contributed by atoms with Gasteiger partial charge in [0.2, 0.25) is 0 Å². The zero-order valence-corrected chi connectivity index (χ0v) is 12.8. The number of esters is 1. The summed E-state index contributed by atoms with van der Waals surface area (Å²) in [5.74, 6) is -5.18. The fourth-order valence-electron chi connectivity index (χ4n) is 1.42. The molecule has 0 saturated heterocycles. The van der Waals surface area contributed by atoms with Crippen molar-refractivity contribution in [3.05, 3.63) is 35.7 Å². The molecule has 5 nitrogen and oxygen atoms in total. The molecule has 0 fully saturated rings. The van der Waals surface area contributed by atoms with E-state index in [1.807, 2.05) is 0 Å². The van der Waals surface area contributed by atoms with Crippen LogP contribution in [0.25, 0.3) is 5.76 Å². The van der Waals surface area contributed by atoms with Crippen LogP contribution in [0.1, 0.15) is 12.5 Å². The van der Waals surface area contributed by atoms with Gasteiger partial charge in [-0.05, 0) is 30.7 Å². The summed E-state index contributed by atoms with van der Waals surface area (Å²) in [5, 5.41) is 11.7. The first-order valence-corrected chi connectivity index (χ1v) is 6.22. The van der Waals surface area contributed by atoms with Crippen molar-refractivity contribution < 1.29 is 60.6 Å². The molecule has 0 bridgehead atoms. The van der Waals surface area contributed by atoms with Crippen LogP contribution in [0.15, 0.2) is 24.3 Å². The van der Waals surface area contributed by atoms with Gasteiger partial charge in [-0.25, -0.2) is 9.18 Å². The number of ketones is 1. The van der Waals surface area contributed by atoms with Crippen molar-refractivity contribution >= 4 is 17.5 Å². The van der Waals surface area contributed by atoms with Crippen molar-refractivity contribution in [1.82, 2.24) is 0 Å². The normalized spacial score (nSPS) is 11.5. The first-order valence-electron chi connectivity index (χ1n) is 6.22. The topological polar surface area (TPSA) is 75.7 Å². The van der Waals surface area contributed by atoms with Crippen LogP contribution in [0.3, 0.4) is 0 Å². The van der Waals surface area contributed by atoms with Crippen LogP contribution in [0.5, 0.6) is 5.75 Å². The second-order valence-corrected chi connectivity index (χ2v) is 4.17. The van der Waals surface area contributed by atoms with Gasteiger partial charge in [0, 0.05) is 6.07 Å². The summed E-state index contributed by atoms with van der Waals surface area (Å²) < 4.78 is 58.2. The van der Waals surface area contributed by atoms with E-state index in [2.05, 4.69) is 9.47 Å². The number of carbonyl (C=O) groups is 2. The maximum atomic E-state index is 13.3. The van der Waals surface area contributed by atoms with E-state index in [0.717, 1.165) is 6.07 Å². The van der Waals surface area contributed by atoms with Crippen LogP contribution in [-0.2, 0) is 14.3 Å². The van der Waals surface area contributed by atoms with Gasteiger partial charge in [-0.2, -0.15) is 13.2 Å². The second kappa shape index (κ2) is 9.35. The molecule has 24 heavy (non-hydrogen) atoms. The monoisotopic (exact) mass is 342 g/mol. The van der Waals surface area contributed by atoms with Gasteiger partial charge in [-0.1, -0.05) is 5.76 Å². The van der Waals surface area contributed by atoms with E-state index in [0.29, 0.717) is 18.2 Å². The molecule has 0 spiro atoms. The Hall–Kier alpha value is -1.98. The molecule has 0 N–H and O–H groups in total. The number of halogens is 4. The Morgan fingerprint density at radius 2 is 1.88 bits per heavy atom. The van der Waals surface area contributed by atoms with Crippen molar-refractivity contribution in [2.45, 2.75) is 13.1 Å². The average Bonchev–Trinajstić information content (AvgIpc) is 2.44. The van der Waals surface area contributed by atoms with E-state index in [1.54, 1.807) is 0 Å². The van der Waals surface area contributed by atoms with E-state index in [1.165, 1.54) is 6.92 Å². The molecule has 0 saturated carbocycles. The molecular formula is C14H11F4LiO5. The molecular weight excluding hydrogens is 331 g/mol. The summed E-state index contributed by atoms with van der Waals surface area (Å²) in [6.45, 7) is -0.304. The predicted molar refractivity (Wildman–Crippen MR) is 67.6 cm³/mol. The molecule has 0 aliphatic carbocycles. The van der Waals surface area contributed by atoms with Crippen molar-refractivity contribution in [2.75, 3.05) is 13.2 Å². The molecule has 0 heterocycles. The molecule has 0 aromatic heterocycles. The van der Waals surface area contributed by atoms with Crippen molar-refractivity contribution in [3.8, 4) is 5.75 Å². The molecule has 0 amide bonds. The van der Waals surface area contributed by atoms with Crippen molar-refractivity contribution in [3.63, 3.8) is 0 Å². The summed E-state index contributed by atoms with van der Waals surface area (Å²) >= 11 is 0. The number of ether oxygens (including phenoxy) is 2. The van der Waals surface area contributed by atoms with Crippen LogP contribution in [0.2, 0.25) is 0 Å². The number of rotatable bonds is 6. The first kappa shape index (κ1) is 22.0. The van der Waals surface area contributed by atoms with E-state index in [-0.39, 0.29) is 25.5 Å². The Balaban J connectivity index is 0.00000529. The van der Waals surface area contributed by atoms with Crippen LogP contribution in [-0.4, -0.2) is 31.1 Å². The Morgan fingerprint density at radius 3 is 2.42 bits per heavy atom. The van der Waals surface area contributed by atoms with Gasteiger partial charge in [0.15, 0.2) is 6.61 Å². The van der Waals surface area contributed by atoms with E-state index in [9.17, 15) is 32.3 Å². The molecule has 1 aromatic rings. The molecule has 0 atom stereocenters. The molecule has 1 aromatic carbocycles. The molecule has 0 radical (unpaired) electrons. The van der Waals surface area contributed by atoms with Crippen LogP contribution in [0, 0.1) is 5.82 Å². The Morgan fingerprint density at radius 1 is 1.25 bits per heavy atom. The number of hydrogen-bond acceptors (Lipinski definition) is 5. The van der Waals surface area contributed by atoms with Gasteiger partial charge in [0.1, 0.15) is 11.6 Å². The maximum absolute atomic E-state index is 13.3. The number of carbonyl (C=O) groups excluding carboxylic acids is 2. The first-order chi connectivity index (χ1) is 10.6. The predicted octanol–water partition coefficient (Wildman–Crippen LogP) is -1.40. The Labute approximate surface area is 146 Å². The minimum absolute atomic E-state index is 0. The zero-order valence-electron chi connectivity index (χ0n) is 12.8.